The third-order valence-electron chi connectivity index (χ3n) is 3.56. The molecule has 1 fully saturated rings. The molecule has 0 atom stereocenters. The molecular weight excluding hydrogens is 266 g/mol. The van der Waals surface area contributed by atoms with Crippen LogP contribution in [0.1, 0.15) is 36.5 Å². The molecule has 0 spiro atoms. The van der Waals surface area contributed by atoms with Crippen LogP contribution in [-0.2, 0) is 4.79 Å². The fourth-order valence-corrected chi connectivity index (χ4v) is 2.52. The Balaban J connectivity index is 1.91. The first kappa shape index (κ1) is 15.5. The lowest BCUT2D eigenvalue weighted by molar-refractivity contribution is -0.117. The number of nitrogens with one attached hydrogen (secondary N) is 2. The van der Waals surface area contributed by atoms with E-state index in [9.17, 15) is 9.59 Å². The molecule has 5 nitrogen and oxygen atoms in total. The average Bonchev–Trinajstić information content (AvgIpc) is 2.48. The summed E-state index contributed by atoms with van der Waals surface area (Å²) < 4.78 is 0. The van der Waals surface area contributed by atoms with Gasteiger partial charge in [-0.1, -0.05) is 12.5 Å². The minimum atomic E-state index is -0.121. The maximum Gasteiger partial charge on any atom is 0.251 e. The zero-order valence-corrected chi connectivity index (χ0v) is 12.5. The Morgan fingerprint density at radius 1 is 1.19 bits per heavy atom. The van der Waals surface area contributed by atoms with E-state index in [-0.39, 0.29) is 11.8 Å². The van der Waals surface area contributed by atoms with Crippen molar-refractivity contribution in [3.63, 3.8) is 0 Å². The molecule has 1 aliphatic rings. The van der Waals surface area contributed by atoms with Crippen LogP contribution in [0.25, 0.3) is 0 Å². The van der Waals surface area contributed by atoms with Crippen molar-refractivity contribution in [1.82, 2.24) is 10.2 Å². The number of piperidine rings is 1. The Hall–Kier alpha value is -1.88. The van der Waals surface area contributed by atoms with E-state index >= 15 is 0 Å². The van der Waals surface area contributed by atoms with E-state index in [1.165, 1.54) is 19.3 Å². The van der Waals surface area contributed by atoms with Crippen molar-refractivity contribution < 1.29 is 9.59 Å². The lowest BCUT2D eigenvalue weighted by Crippen LogP contribution is -2.36. The molecule has 0 radical (unpaired) electrons. The number of rotatable bonds is 5. The molecule has 114 valence electrons. The molecule has 2 N–H and O–H groups in total. The van der Waals surface area contributed by atoms with Crippen molar-refractivity contribution in [3.8, 4) is 0 Å². The number of anilines is 1. The molecule has 0 aliphatic carbocycles. The van der Waals surface area contributed by atoms with Crippen molar-refractivity contribution in [2.24, 2.45) is 0 Å². The van der Waals surface area contributed by atoms with Gasteiger partial charge in [-0.3, -0.25) is 14.5 Å². The number of benzene rings is 1. The van der Waals surface area contributed by atoms with Crippen molar-refractivity contribution in [2.75, 3.05) is 31.5 Å². The van der Waals surface area contributed by atoms with Gasteiger partial charge in [-0.05, 0) is 51.1 Å². The standard InChI is InChI=1S/C16H23N3O2/c1-2-17-16(21)13-7-6-8-14(11-13)18-15(20)12-19-9-4-3-5-10-19/h6-8,11H,2-5,9-10,12H2,1H3,(H,17,21)(H,18,20). The van der Waals surface area contributed by atoms with Crippen molar-refractivity contribution in [2.45, 2.75) is 26.2 Å². The van der Waals surface area contributed by atoms with Gasteiger partial charge in [0, 0.05) is 17.8 Å². The number of carbonyl (C=O) groups is 2. The minimum absolute atomic E-state index is 0.0232. The van der Waals surface area contributed by atoms with Gasteiger partial charge in [-0.25, -0.2) is 0 Å². The Morgan fingerprint density at radius 2 is 1.95 bits per heavy atom. The average molecular weight is 289 g/mol. The van der Waals surface area contributed by atoms with Crippen LogP contribution >= 0.6 is 0 Å². The number of hydrogen-bond donors (Lipinski definition) is 2. The molecule has 0 unspecified atom stereocenters. The summed E-state index contributed by atoms with van der Waals surface area (Å²) in [4.78, 5) is 26.0. The molecular formula is C16H23N3O2. The van der Waals surface area contributed by atoms with Gasteiger partial charge >= 0.3 is 0 Å². The predicted octanol–water partition coefficient (Wildman–Crippen LogP) is 1.86. The van der Waals surface area contributed by atoms with Gasteiger partial charge in [0.1, 0.15) is 0 Å². The summed E-state index contributed by atoms with van der Waals surface area (Å²) in [6.45, 7) is 4.87. The molecule has 21 heavy (non-hydrogen) atoms. The fourth-order valence-electron chi connectivity index (χ4n) is 2.52. The predicted molar refractivity (Wildman–Crippen MR) is 83.4 cm³/mol. The lowest BCUT2D eigenvalue weighted by atomic mass is 10.1. The maximum atomic E-state index is 12.0. The Morgan fingerprint density at radius 3 is 2.67 bits per heavy atom. The highest BCUT2D eigenvalue weighted by Gasteiger charge is 2.14. The van der Waals surface area contributed by atoms with Crippen LogP contribution in [0.3, 0.4) is 0 Å². The maximum absolute atomic E-state index is 12.0. The largest absolute Gasteiger partial charge is 0.352 e. The summed E-state index contributed by atoms with van der Waals surface area (Å²) in [5, 5.41) is 5.61. The highest BCUT2D eigenvalue weighted by atomic mass is 16.2. The highest BCUT2D eigenvalue weighted by Crippen LogP contribution is 2.12. The van der Waals surface area contributed by atoms with Crippen LogP contribution in [0.2, 0.25) is 0 Å². The summed E-state index contributed by atoms with van der Waals surface area (Å²) in [6, 6.07) is 7.03. The number of amides is 2. The van der Waals surface area contributed by atoms with Gasteiger partial charge in [0.2, 0.25) is 5.91 Å². The van der Waals surface area contributed by atoms with E-state index in [0.29, 0.717) is 24.3 Å². The molecule has 2 amide bonds. The van der Waals surface area contributed by atoms with Gasteiger partial charge in [-0.2, -0.15) is 0 Å². The molecule has 2 rings (SSSR count). The van der Waals surface area contributed by atoms with Gasteiger partial charge in [-0.15, -0.1) is 0 Å². The molecule has 0 aromatic heterocycles. The van der Waals surface area contributed by atoms with Gasteiger partial charge in [0.15, 0.2) is 0 Å². The second-order valence-electron chi connectivity index (χ2n) is 5.33. The van der Waals surface area contributed by atoms with Gasteiger partial charge in [0.25, 0.3) is 5.91 Å². The normalized spacial score (nSPS) is 15.5. The smallest absolute Gasteiger partial charge is 0.251 e. The first-order valence-electron chi connectivity index (χ1n) is 7.59. The monoisotopic (exact) mass is 289 g/mol. The van der Waals surface area contributed by atoms with Gasteiger partial charge < -0.3 is 10.6 Å². The fraction of sp³-hybridized carbons (Fsp3) is 0.500. The van der Waals surface area contributed by atoms with Crippen molar-refractivity contribution >= 4 is 17.5 Å². The summed E-state index contributed by atoms with van der Waals surface area (Å²) in [5.41, 5.74) is 1.23. The Bertz CT molecular complexity index is 496. The van der Waals surface area contributed by atoms with Crippen LogP contribution in [0, 0.1) is 0 Å². The molecule has 1 aromatic carbocycles. The minimum Gasteiger partial charge on any atom is -0.352 e. The second-order valence-corrected chi connectivity index (χ2v) is 5.33. The number of carbonyl (C=O) groups excluding carboxylic acids is 2. The quantitative estimate of drug-likeness (QED) is 0.870. The molecule has 1 saturated heterocycles. The lowest BCUT2D eigenvalue weighted by Gasteiger charge is -2.25. The van der Waals surface area contributed by atoms with Crippen LogP contribution in [0.4, 0.5) is 5.69 Å². The Labute approximate surface area is 125 Å². The first-order valence-corrected chi connectivity index (χ1v) is 7.59. The van der Waals surface area contributed by atoms with E-state index in [1.807, 2.05) is 6.92 Å². The molecule has 5 heteroatoms. The third-order valence-corrected chi connectivity index (χ3v) is 3.56. The topological polar surface area (TPSA) is 61.4 Å². The summed E-state index contributed by atoms with van der Waals surface area (Å²) in [5.74, 6) is -0.144. The van der Waals surface area contributed by atoms with Gasteiger partial charge in [0.05, 0.1) is 6.54 Å². The summed E-state index contributed by atoms with van der Waals surface area (Å²) >= 11 is 0. The van der Waals surface area contributed by atoms with Crippen LogP contribution in [0.15, 0.2) is 24.3 Å². The summed E-state index contributed by atoms with van der Waals surface area (Å²) in [6.07, 6.45) is 3.59. The van der Waals surface area contributed by atoms with E-state index in [0.717, 1.165) is 13.1 Å². The Kier molecular flexibility index (Phi) is 5.75. The molecule has 1 aromatic rings. The van der Waals surface area contributed by atoms with Crippen LogP contribution < -0.4 is 10.6 Å². The second kappa shape index (κ2) is 7.78. The zero-order valence-electron chi connectivity index (χ0n) is 12.5. The first-order chi connectivity index (χ1) is 10.2. The van der Waals surface area contributed by atoms with E-state index < -0.39 is 0 Å². The van der Waals surface area contributed by atoms with E-state index in [2.05, 4.69) is 15.5 Å². The molecule has 1 heterocycles. The molecule has 1 aliphatic heterocycles. The summed E-state index contributed by atoms with van der Waals surface area (Å²) in [7, 11) is 0. The number of likely N-dealkylation sites (tertiary alicyclic amines) is 1. The molecule has 0 bridgehead atoms. The SMILES string of the molecule is CCNC(=O)c1cccc(NC(=O)CN2CCCCC2)c1. The van der Waals surface area contributed by atoms with E-state index in [4.69, 9.17) is 0 Å². The third kappa shape index (κ3) is 4.86. The highest BCUT2D eigenvalue weighted by molar-refractivity contribution is 5.97. The molecule has 0 saturated carbocycles. The van der Waals surface area contributed by atoms with Crippen molar-refractivity contribution in [1.29, 1.82) is 0 Å². The van der Waals surface area contributed by atoms with Crippen LogP contribution in [0.5, 0.6) is 0 Å². The number of nitrogens with zero attached hydrogens (tertiary/aromatic N) is 1. The van der Waals surface area contributed by atoms with E-state index in [1.54, 1.807) is 24.3 Å². The zero-order chi connectivity index (χ0) is 15.1. The van der Waals surface area contributed by atoms with Crippen LogP contribution in [-0.4, -0.2) is 42.9 Å². The van der Waals surface area contributed by atoms with Crippen molar-refractivity contribution in [3.05, 3.63) is 29.8 Å². The number of hydrogen-bond acceptors (Lipinski definition) is 3.